The maximum absolute atomic E-state index is 5.10. The molecule has 4 nitrogen and oxygen atoms in total. The Bertz CT molecular complexity index is 576. The lowest BCUT2D eigenvalue weighted by atomic mass is 9.87. The van der Waals surface area contributed by atoms with Gasteiger partial charge in [-0.2, -0.15) is 0 Å². The fourth-order valence-electron chi connectivity index (χ4n) is 3.22. The zero-order valence-corrected chi connectivity index (χ0v) is 13.7. The first-order valence-corrected chi connectivity index (χ1v) is 8.27. The SMILES string of the molecule is COCCNCC1CC(c2cccnc2)N1Cc1ccccc1. The van der Waals surface area contributed by atoms with Crippen LogP contribution >= 0.6 is 0 Å². The average Bonchev–Trinajstić information content (AvgIpc) is 2.60. The van der Waals surface area contributed by atoms with Gasteiger partial charge in [0.25, 0.3) is 0 Å². The largest absolute Gasteiger partial charge is 0.383 e. The summed E-state index contributed by atoms with van der Waals surface area (Å²) in [5, 5.41) is 3.49. The first kappa shape index (κ1) is 16.1. The van der Waals surface area contributed by atoms with Crippen LogP contribution in [0.5, 0.6) is 0 Å². The summed E-state index contributed by atoms with van der Waals surface area (Å²) in [5.41, 5.74) is 2.68. The Hall–Kier alpha value is -1.75. The molecule has 2 aromatic rings. The van der Waals surface area contributed by atoms with Crippen LogP contribution in [0.25, 0.3) is 0 Å². The molecule has 1 aromatic carbocycles. The first-order valence-electron chi connectivity index (χ1n) is 8.27. The zero-order chi connectivity index (χ0) is 15.9. The summed E-state index contributed by atoms with van der Waals surface area (Å²) in [7, 11) is 1.74. The van der Waals surface area contributed by atoms with Gasteiger partial charge in [-0.3, -0.25) is 9.88 Å². The standard InChI is InChI=1S/C19H25N3O/c1-23-11-10-21-14-18-12-19(17-8-5-9-20-13-17)22(18)15-16-6-3-2-4-7-16/h2-9,13,18-19,21H,10-12,14-15H2,1H3. The molecule has 1 saturated heterocycles. The molecule has 0 bridgehead atoms. The third kappa shape index (κ3) is 4.16. The predicted molar refractivity (Wildman–Crippen MR) is 92.1 cm³/mol. The van der Waals surface area contributed by atoms with E-state index >= 15 is 0 Å². The topological polar surface area (TPSA) is 37.4 Å². The number of hydrogen-bond donors (Lipinski definition) is 1. The Kier molecular flexibility index (Phi) is 5.75. The van der Waals surface area contributed by atoms with E-state index in [1.165, 1.54) is 17.5 Å². The summed E-state index contributed by atoms with van der Waals surface area (Å²) in [6, 6.07) is 15.9. The summed E-state index contributed by atoms with van der Waals surface area (Å²) in [5.74, 6) is 0. The minimum atomic E-state index is 0.470. The van der Waals surface area contributed by atoms with E-state index in [1.807, 2.05) is 18.5 Å². The highest BCUT2D eigenvalue weighted by molar-refractivity contribution is 5.21. The number of aromatic nitrogens is 1. The molecule has 2 heterocycles. The predicted octanol–water partition coefficient (Wildman–Crippen LogP) is 2.63. The van der Waals surface area contributed by atoms with Gasteiger partial charge in [-0.25, -0.2) is 0 Å². The number of methoxy groups -OCH3 is 1. The molecule has 0 radical (unpaired) electrons. The minimum Gasteiger partial charge on any atom is -0.383 e. The van der Waals surface area contributed by atoms with Crippen LogP contribution in [0, 0.1) is 0 Å². The third-order valence-electron chi connectivity index (χ3n) is 4.50. The molecule has 23 heavy (non-hydrogen) atoms. The van der Waals surface area contributed by atoms with Gasteiger partial charge in [-0.15, -0.1) is 0 Å². The van der Waals surface area contributed by atoms with Crippen LogP contribution in [0.15, 0.2) is 54.9 Å². The Labute approximate surface area is 138 Å². The number of pyridine rings is 1. The van der Waals surface area contributed by atoms with Crippen LogP contribution in [0.4, 0.5) is 0 Å². The van der Waals surface area contributed by atoms with E-state index in [0.717, 1.165) is 26.2 Å². The molecule has 0 spiro atoms. The van der Waals surface area contributed by atoms with Crippen molar-refractivity contribution >= 4 is 0 Å². The molecule has 122 valence electrons. The van der Waals surface area contributed by atoms with E-state index in [4.69, 9.17) is 4.74 Å². The molecule has 3 rings (SSSR count). The summed E-state index contributed by atoms with van der Waals surface area (Å²) in [6.45, 7) is 3.66. The minimum absolute atomic E-state index is 0.470. The average molecular weight is 311 g/mol. The lowest BCUT2D eigenvalue weighted by Crippen LogP contribution is -2.54. The van der Waals surface area contributed by atoms with E-state index in [2.05, 4.69) is 51.6 Å². The smallest absolute Gasteiger partial charge is 0.0587 e. The normalized spacial score (nSPS) is 21.1. The molecular weight excluding hydrogens is 286 g/mol. The highest BCUT2D eigenvalue weighted by Gasteiger charge is 2.38. The second-order valence-electron chi connectivity index (χ2n) is 6.05. The Morgan fingerprint density at radius 1 is 1.22 bits per heavy atom. The van der Waals surface area contributed by atoms with Crippen molar-refractivity contribution in [1.29, 1.82) is 0 Å². The van der Waals surface area contributed by atoms with E-state index in [-0.39, 0.29) is 0 Å². The fourth-order valence-corrected chi connectivity index (χ4v) is 3.22. The zero-order valence-electron chi connectivity index (χ0n) is 13.7. The number of likely N-dealkylation sites (tertiary alicyclic amines) is 1. The molecule has 1 N–H and O–H groups in total. The summed E-state index contributed by atoms with van der Waals surface area (Å²) in [4.78, 5) is 6.86. The molecular formula is C19H25N3O. The third-order valence-corrected chi connectivity index (χ3v) is 4.50. The lowest BCUT2D eigenvalue weighted by Gasteiger charge is -2.49. The molecule has 1 fully saturated rings. The van der Waals surface area contributed by atoms with Crippen molar-refractivity contribution in [3.63, 3.8) is 0 Å². The van der Waals surface area contributed by atoms with Crippen molar-refractivity contribution in [3.8, 4) is 0 Å². The highest BCUT2D eigenvalue weighted by atomic mass is 16.5. The second kappa shape index (κ2) is 8.20. The second-order valence-corrected chi connectivity index (χ2v) is 6.05. The van der Waals surface area contributed by atoms with Crippen molar-refractivity contribution in [2.75, 3.05) is 26.8 Å². The quantitative estimate of drug-likeness (QED) is 0.761. The van der Waals surface area contributed by atoms with Gasteiger partial charge >= 0.3 is 0 Å². The van der Waals surface area contributed by atoms with E-state index in [9.17, 15) is 0 Å². The monoisotopic (exact) mass is 311 g/mol. The Balaban J connectivity index is 1.64. The van der Waals surface area contributed by atoms with Crippen LogP contribution < -0.4 is 5.32 Å². The molecule has 0 aliphatic carbocycles. The van der Waals surface area contributed by atoms with E-state index < -0.39 is 0 Å². The summed E-state index contributed by atoms with van der Waals surface area (Å²) >= 11 is 0. The highest BCUT2D eigenvalue weighted by Crippen LogP contribution is 2.39. The first-order chi connectivity index (χ1) is 11.4. The van der Waals surface area contributed by atoms with Crippen molar-refractivity contribution in [2.45, 2.75) is 25.0 Å². The van der Waals surface area contributed by atoms with Gasteiger partial charge in [0.15, 0.2) is 0 Å². The van der Waals surface area contributed by atoms with Crippen molar-refractivity contribution in [3.05, 3.63) is 66.0 Å². The molecule has 0 saturated carbocycles. The molecule has 0 amide bonds. The van der Waals surface area contributed by atoms with Gasteiger partial charge in [0, 0.05) is 51.2 Å². The van der Waals surface area contributed by atoms with Gasteiger partial charge in [0.2, 0.25) is 0 Å². The Morgan fingerprint density at radius 2 is 2.09 bits per heavy atom. The van der Waals surface area contributed by atoms with E-state index in [0.29, 0.717) is 12.1 Å². The van der Waals surface area contributed by atoms with Gasteiger partial charge < -0.3 is 10.1 Å². The molecule has 1 aromatic heterocycles. The lowest BCUT2D eigenvalue weighted by molar-refractivity contribution is 0.00494. The number of nitrogens with zero attached hydrogens (tertiary/aromatic N) is 2. The number of rotatable bonds is 8. The maximum atomic E-state index is 5.10. The van der Waals surface area contributed by atoms with Gasteiger partial charge in [0.1, 0.15) is 0 Å². The maximum Gasteiger partial charge on any atom is 0.0587 e. The van der Waals surface area contributed by atoms with Gasteiger partial charge in [-0.1, -0.05) is 36.4 Å². The van der Waals surface area contributed by atoms with Gasteiger partial charge in [-0.05, 0) is 23.6 Å². The summed E-state index contributed by atoms with van der Waals surface area (Å²) in [6.07, 6.45) is 5.02. The van der Waals surface area contributed by atoms with Gasteiger partial charge in [0.05, 0.1) is 6.61 Å². The number of benzene rings is 1. The van der Waals surface area contributed by atoms with Crippen molar-refractivity contribution in [1.82, 2.24) is 15.2 Å². The molecule has 4 heteroatoms. The number of ether oxygens (including phenoxy) is 1. The number of nitrogens with one attached hydrogen (secondary N) is 1. The van der Waals surface area contributed by atoms with Crippen LogP contribution in [-0.2, 0) is 11.3 Å². The van der Waals surface area contributed by atoms with Crippen LogP contribution in [0.3, 0.4) is 0 Å². The molecule has 1 aliphatic rings. The van der Waals surface area contributed by atoms with Crippen LogP contribution in [0.2, 0.25) is 0 Å². The number of hydrogen-bond acceptors (Lipinski definition) is 4. The molecule has 2 unspecified atom stereocenters. The molecule has 2 atom stereocenters. The summed E-state index contributed by atoms with van der Waals surface area (Å²) < 4.78 is 5.10. The van der Waals surface area contributed by atoms with Crippen molar-refractivity contribution < 1.29 is 4.74 Å². The Morgan fingerprint density at radius 3 is 2.83 bits per heavy atom. The van der Waals surface area contributed by atoms with Crippen LogP contribution in [0.1, 0.15) is 23.6 Å². The van der Waals surface area contributed by atoms with Crippen LogP contribution in [-0.4, -0.2) is 42.7 Å². The van der Waals surface area contributed by atoms with E-state index in [1.54, 1.807) is 7.11 Å². The fraction of sp³-hybridized carbons (Fsp3) is 0.421. The molecule has 1 aliphatic heterocycles. The van der Waals surface area contributed by atoms with Crippen molar-refractivity contribution in [2.24, 2.45) is 0 Å².